The van der Waals surface area contributed by atoms with E-state index in [0.29, 0.717) is 12.8 Å². The highest BCUT2D eigenvalue weighted by Crippen LogP contribution is 2.21. The Hall–Kier alpha value is -1.90. The number of ketones is 1. The highest BCUT2D eigenvalue weighted by molar-refractivity contribution is 5.86. The molecule has 1 aromatic carbocycles. The summed E-state index contributed by atoms with van der Waals surface area (Å²) in [5.41, 5.74) is 3.10. The first-order chi connectivity index (χ1) is 7.65. The first-order valence-corrected chi connectivity index (χ1v) is 5.19. The standard InChI is InChI=1S/C13H12O3/c14-12-5-4-10-7-9(2-6-13(15)16)1-3-11(10)8-12/h1-3,6-7H,4-5,8H2,(H,15,16). The molecule has 1 aliphatic rings. The minimum absolute atomic E-state index is 0.279. The van der Waals surface area contributed by atoms with E-state index in [9.17, 15) is 9.59 Å². The van der Waals surface area contributed by atoms with Crippen LogP contribution in [0.25, 0.3) is 6.08 Å². The van der Waals surface area contributed by atoms with E-state index in [1.807, 2.05) is 18.2 Å². The van der Waals surface area contributed by atoms with Crippen LogP contribution in [0.2, 0.25) is 0 Å². The van der Waals surface area contributed by atoms with Crippen molar-refractivity contribution in [3.8, 4) is 0 Å². The van der Waals surface area contributed by atoms with Gasteiger partial charge in [-0.1, -0.05) is 18.2 Å². The molecule has 1 aliphatic carbocycles. The van der Waals surface area contributed by atoms with Crippen LogP contribution in [0, 0.1) is 0 Å². The predicted molar refractivity (Wildman–Crippen MR) is 60.1 cm³/mol. The molecule has 0 heterocycles. The average Bonchev–Trinajstić information content (AvgIpc) is 2.26. The molecule has 0 aliphatic heterocycles. The number of Topliss-reactive ketones (excluding diaryl/α,β-unsaturated/α-hetero) is 1. The van der Waals surface area contributed by atoms with Crippen LogP contribution in [-0.4, -0.2) is 16.9 Å². The van der Waals surface area contributed by atoms with E-state index < -0.39 is 5.97 Å². The summed E-state index contributed by atoms with van der Waals surface area (Å²) >= 11 is 0. The number of carbonyl (C=O) groups excluding carboxylic acids is 1. The Balaban J connectivity index is 2.26. The summed E-state index contributed by atoms with van der Waals surface area (Å²) in [5, 5.41) is 8.52. The monoisotopic (exact) mass is 216 g/mol. The molecule has 3 nitrogen and oxygen atoms in total. The lowest BCUT2D eigenvalue weighted by Gasteiger charge is -2.14. The molecule has 0 spiro atoms. The molecule has 0 bridgehead atoms. The molecule has 0 fully saturated rings. The Kier molecular flexibility index (Phi) is 2.86. The molecule has 82 valence electrons. The first-order valence-electron chi connectivity index (χ1n) is 5.19. The molecular weight excluding hydrogens is 204 g/mol. The van der Waals surface area contributed by atoms with E-state index >= 15 is 0 Å². The van der Waals surface area contributed by atoms with Gasteiger partial charge in [0.25, 0.3) is 0 Å². The number of rotatable bonds is 2. The lowest BCUT2D eigenvalue weighted by atomic mass is 9.89. The number of hydrogen-bond donors (Lipinski definition) is 1. The summed E-state index contributed by atoms with van der Waals surface area (Å²) in [6.45, 7) is 0. The molecule has 0 saturated heterocycles. The molecule has 0 atom stereocenters. The Bertz CT molecular complexity index is 472. The number of carboxylic acid groups (broad SMARTS) is 1. The quantitative estimate of drug-likeness (QED) is 0.767. The third-order valence-corrected chi connectivity index (χ3v) is 2.71. The van der Waals surface area contributed by atoms with Gasteiger partial charge in [0.15, 0.2) is 0 Å². The fraction of sp³-hybridized carbons (Fsp3) is 0.231. The van der Waals surface area contributed by atoms with Crippen molar-refractivity contribution in [3.05, 3.63) is 41.0 Å². The van der Waals surface area contributed by atoms with E-state index in [1.54, 1.807) is 6.08 Å². The molecule has 16 heavy (non-hydrogen) atoms. The van der Waals surface area contributed by atoms with Crippen molar-refractivity contribution < 1.29 is 14.7 Å². The molecular formula is C13H12O3. The molecule has 0 unspecified atom stereocenters. The van der Waals surface area contributed by atoms with Gasteiger partial charge in [0, 0.05) is 18.9 Å². The first kappa shape index (κ1) is 10.6. The largest absolute Gasteiger partial charge is 0.478 e. The fourth-order valence-electron chi connectivity index (χ4n) is 1.90. The van der Waals surface area contributed by atoms with E-state index in [-0.39, 0.29) is 5.78 Å². The van der Waals surface area contributed by atoms with E-state index in [1.165, 1.54) is 0 Å². The van der Waals surface area contributed by atoms with Crippen molar-refractivity contribution in [1.82, 2.24) is 0 Å². The topological polar surface area (TPSA) is 54.4 Å². The second-order valence-corrected chi connectivity index (χ2v) is 3.92. The molecule has 0 saturated carbocycles. The lowest BCUT2D eigenvalue weighted by molar-refractivity contribution is -0.131. The fourth-order valence-corrected chi connectivity index (χ4v) is 1.90. The maximum atomic E-state index is 11.2. The number of carbonyl (C=O) groups is 2. The molecule has 0 aromatic heterocycles. The lowest BCUT2D eigenvalue weighted by Crippen LogP contribution is -2.13. The summed E-state index contributed by atoms with van der Waals surface area (Å²) in [6, 6.07) is 5.71. The highest BCUT2D eigenvalue weighted by Gasteiger charge is 2.14. The normalized spacial score (nSPS) is 15.1. The highest BCUT2D eigenvalue weighted by atomic mass is 16.4. The van der Waals surface area contributed by atoms with Crippen LogP contribution in [0.5, 0.6) is 0 Å². The third-order valence-electron chi connectivity index (χ3n) is 2.71. The van der Waals surface area contributed by atoms with Crippen molar-refractivity contribution in [2.75, 3.05) is 0 Å². The minimum atomic E-state index is -0.951. The van der Waals surface area contributed by atoms with E-state index in [4.69, 9.17) is 5.11 Å². The third kappa shape index (κ3) is 2.37. The summed E-state index contributed by atoms with van der Waals surface area (Å²) in [5.74, 6) is -0.672. The van der Waals surface area contributed by atoms with Crippen LogP contribution in [0.4, 0.5) is 0 Å². The Morgan fingerprint density at radius 2 is 2.06 bits per heavy atom. The van der Waals surface area contributed by atoms with Gasteiger partial charge in [0.1, 0.15) is 5.78 Å². The number of benzene rings is 1. The zero-order valence-corrected chi connectivity index (χ0v) is 8.77. The molecule has 0 radical (unpaired) electrons. The van der Waals surface area contributed by atoms with E-state index in [2.05, 4.69) is 0 Å². The number of aryl methyl sites for hydroxylation is 1. The molecule has 1 aromatic rings. The van der Waals surface area contributed by atoms with Gasteiger partial charge in [-0.3, -0.25) is 4.79 Å². The van der Waals surface area contributed by atoms with Crippen molar-refractivity contribution in [2.45, 2.75) is 19.3 Å². The number of fused-ring (bicyclic) bond motifs is 1. The Morgan fingerprint density at radius 3 is 2.81 bits per heavy atom. The SMILES string of the molecule is O=C(O)C=Cc1ccc2c(c1)CCC(=O)C2. The average molecular weight is 216 g/mol. The zero-order chi connectivity index (χ0) is 11.5. The second kappa shape index (κ2) is 4.31. The summed E-state index contributed by atoms with van der Waals surface area (Å²) in [4.78, 5) is 21.6. The maximum Gasteiger partial charge on any atom is 0.328 e. The molecule has 2 rings (SSSR count). The second-order valence-electron chi connectivity index (χ2n) is 3.92. The summed E-state index contributed by atoms with van der Waals surface area (Å²) in [6.07, 6.45) is 4.56. The van der Waals surface area contributed by atoms with Gasteiger partial charge in [-0.05, 0) is 29.2 Å². The minimum Gasteiger partial charge on any atom is -0.478 e. The predicted octanol–water partition coefficient (Wildman–Crippen LogP) is 1.84. The van der Waals surface area contributed by atoms with Crippen LogP contribution in [0.15, 0.2) is 24.3 Å². The van der Waals surface area contributed by atoms with Crippen LogP contribution in [0.1, 0.15) is 23.1 Å². The number of aliphatic carboxylic acids is 1. The smallest absolute Gasteiger partial charge is 0.328 e. The zero-order valence-electron chi connectivity index (χ0n) is 8.77. The van der Waals surface area contributed by atoms with Crippen LogP contribution >= 0.6 is 0 Å². The van der Waals surface area contributed by atoms with Crippen molar-refractivity contribution in [1.29, 1.82) is 0 Å². The van der Waals surface area contributed by atoms with Crippen LogP contribution in [-0.2, 0) is 22.4 Å². The van der Waals surface area contributed by atoms with Gasteiger partial charge in [-0.15, -0.1) is 0 Å². The van der Waals surface area contributed by atoms with Gasteiger partial charge in [-0.25, -0.2) is 4.79 Å². The van der Waals surface area contributed by atoms with E-state index in [0.717, 1.165) is 29.2 Å². The molecule has 0 amide bonds. The van der Waals surface area contributed by atoms with Crippen molar-refractivity contribution >= 4 is 17.8 Å². The van der Waals surface area contributed by atoms with Gasteiger partial charge < -0.3 is 5.11 Å². The summed E-state index contributed by atoms with van der Waals surface area (Å²) < 4.78 is 0. The number of carboxylic acids is 1. The van der Waals surface area contributed by atoms with Gasteiger partial charge in [0.05, 0.1) is 0 Å². The maximum absolute atomic E-state index is 11.2. The van der Waals surface area contributed by atoms with Gasteiger partial charge in [0.2, 0.25) is 0 Å². The van der Waals surface area contributed by atoms with Crippen LogP contribution in [0.3, 0.4) is 0 Å². The van der Waals surface area contributed by atoms with Crippen molar-refractivity contribution in [3.63, 3.8) is 0 Å². The Labute approximate surface area is 93.4 Å². The van der Waals surface area contributed by atoms with Gasteiger partial charge in [-0.2, -0.15) is 0 Å². The molecule has 3 heteroatoms. The molecule has 1 N–H and O–H groups in total. The number of hydrogen-bond acceptors (Lipinski definition) is 2. The Morgan fingerprint density at radius 1 is 1.25 bits per heavy atom. The van der Waals surface area contributed by atoms with Crippen molar-refractivity contribution in [2.24, 2.45) is 0 Å². The summed E-state index contributed by atoms with van der Waals surface area (Å²) in [7, 11) is 0. The van der Waals surface area contributed by atoms with Gasteiger partial charge >= 0.3 is 5.97 Å². The van der Waals surface area contributed by atoms with Crippen LogP contribution < -0.4 is 0 Å².